The molecule has 2 aromatic carbocycles. The fraction of sp³-hybridized carbons (Fsp3) is 0.320. The predicted octanol–water partition coefficient (Wildman–Crippen LogP) is 4.23. The van der Waals surface area contributed by atoms with Crippen molar-refractivity contribution in [2.45, 2.75) is 35.3 Å². The maximum Gasteiger partial charge on any atom is 0.239 e. The molecule has 0 bridgehead atoms. The third kappa shape index (κ3) is 4.98. The van der Waals surface area contributed by atoms with Crippen LogP contribution in [0.2, 0.25) is 0 Å². The van der Waals surface area contributed by atoms with Gasteiger partial charge in [0.1, 0.15) is 5.75 Å². The van der Waals surface area contributed by atoms with Crippen LogP contribution in [0.25, 0.3) is 11.1 Å². The van der Waals surface area contributed by atoms with Crippen molar-refractivity contribution in [2.24, 2.45) is 5.73 Å². The lowest BCUT2D eigenvalue weighted by atomic mass is 9.98. The van der Waals surface area contributed by atoms with Crippen LogP contribution in [0.15, 0.2) is 70.3 Å². The average Bonchev–Trinajstić information content (AvgIpc) is 3.38. The number of ether oxygens (including phenoxy) is 2. The monoisotopic (exact) mass is 485 g/mol. The van der Waals surface area contributed by atoms with Crippen molar-refractivity contribution >= 4 is 27.1 Å². The van der Waals surface area contributed by atoms with Gasteiger partial charge in [0, 0.05) is 13.2 Å². The molecular weight excluding hydrogens is 458 g/mol. The number of sulfone groups is 1. The number of carbonyl (C=O) groups is 1. The lowest BCUT2D eigenvalue weighted by Gasteiger charge is -2.33. The maximum atomic E-state index is 13.2. The number of thiophene rings is 1. The van der Waals surface area contributed by atoms with Crippen LogP contribution in [-0.4, -0.2) is 38.9 Å². The zero-order valence-corrected chi connectivity index (χ0v) is 19.9. The van der Waals surface area contributed by atoms with Gasteiger partial charge in [0.15, 0.2) is 14.6 Å². The Hall–Kier alpha value is -2.68. The quantitative estimate of drug-likeness (QED) is 0.458. The summed E-state index contributed by atoms with van der Waals surface area (Å²) in [5.41, 5.74) is 9.21. The molecule has 1 aliphatic rings. The van der Waals surface area contributed by atoms with E-state index in [1.807, 2.05) is 0 Å². The van der Waals surface area contributed by atoms with Crippen LogP contribution in [0, 0.1) is 0 Å². The van der Waals surface area contributed by atoms with E-state index in [-0.39, 0.29) is 31.0 Å². The highest BCUT2D eigenvalue weighted by molar-refractivity contribution is 7.93. The van der Waals surface area contributed by atoms with E-state index in [0.717, 1.165) is 12.8 Å². The lowest BCUT2D eigenvalue weighted by Crippen LogP contribution is -2.53. The molecule has 1 aliphatic heterocycles. The Balaban J connectivity index is 1.35. The molecule has 8 heteroatoms. The molecule has 1 saturated heterocycles. The molecule has 3 aromatic rings. The number of benzene rings is 2. The van der Waals surface area contributed by atoms with Gasteiger partial charge in [-0.2, -0.15) is 11.3 Å². The molecule has 1 amide bonds. The zero-order chi connectivity index (χ0) is 23.3. The number of carbonyl (C=O) groups excluding carboxylic acids is 1. The van der Waals surface area contributed by atoms with Crippen molar-refractivity contribution in [3.8, 4) is 16.9 Å². The Morgan fingerprint density at radius 1 is 1.06 bits per heavy atom. The van der Waals surface area contributed by atoms with E-state index in [4.69, 9.17) is 15.2 Å². The van der Waals surface area contributed by atoms with Crippen LogP contribution in [0.1, 0.15) is 24.8 Å². The maximum absolute atomic E-state index is 13.2. The highest BCUT2D eigenvalue weighted by atomic mass is 32.2. The smallest absolute Gasteiger partial charge is 0.239 e. The fourth-order valence-electron chi connectivity index (χ4n) is 4.09. The molecule has 0 aliphatic carbocycles. The Bertz CT molecular complexity index is 1180. The molecule has 2 N–H and O–H groups in total. The number of hydrogen-bond donors (Lipinski definition) is 1. The minimum atomic E-state index is -3.93. The predicted molar refractivity (Wildman–Crippen MR) is 129 cm³/mol. The van der Waals surface area contributed by atoms with Crippen molar-refractivity contribution in [3.05, 3.63) is 70.9 Å². The van der Waals surface area contributed by atoms with E-state index in [1.54, 1.807) is 23.5 Å². The largest absolute Gasteiger partial charge is 0.494 e. The second kappa shape index (κ2) is 10.1. The molecule has 1 fully saturated rings. The first-order chi connectivity index (χ1) is 15.9. The normalized spacial score (nSPS) is 15.8. The van der Waals surface area contributed by atoms with Crippen LogP contribution in [0.5, 0.6) is 5.75 Å². The molecule has 0 radical (unpaired) electrons. The van der Waals surface area contributed by atoms with Gasteiger partial charge in [-0.25, -0.2) is 8.42 Å². The summed E-state index contributed by atoms with van der Waals surface area (Å²) < 4.78 is 35.8. The molecule has 0 saturated carbocycles. The fourth-order valence-corrected chi connectivity index (χ4v) is 6.67. The summed E-state index contributed by atoms with van der Waals surface area (Å²) in [5.74, 6) is -0.240. The van der Waals surface area contributed by atoms with Crippen molar-refractivity contribution in [1.29, 1.82) is 0 Å². The summed E-state index contributed by atoms with van der Waals surface area (Å²) in [4.78, 5) is 12.2. The lowest BCUT2D eigenvalue weighted by molar-refractivity contribution is -0.122. The first-order valence-electron chi connectivity index (χ1n) is 10.9. The van der Waals surface area contributed by atoms with Gasteiger partial charge in [0.2, 0.25) is 5.91 Å². The Labute approximate surface area is 198 Å². The SMILES string of the molecule is NC(=O)C1(S(=O)(=O)c2ccc(OCCCc3cccc(-c4ccsc4)c3)cc2)CCOCC1. The van der Waals surface area contributed by atoms with E-state index < -0.39 is 20.5 Å². The third-order valence-electron chi connectivity index (χ3n) is 6.06. The van der Waals surface area contributed by atoms with E-state index >= 15 is 0 Å². The molecule has 0 atom stereocenters. The average molecular weight is 486 g/mol. The van der Waals surface area contributed by atoms with Crippen LogP contribution in [0.3, 0.4) is 0 Å². The van der Waals surface area contributed by atoms with E-state index in [2.05, 4.69) is 41.1 Å². The number of rotatable bonds is 9. The van der Waals surface area contributed by atoms with Gasteiger partial charge in [-0.15, -0.1) is 0 Å². The molecule has 174 valence electrons. The van der Waals surface area contributed by atoms with Crippen molar-refractivity contribution < 1.29 is 22.7 Å². The van der Waals surface area contributed by atoms with Crippen LogP contribution in [0.4, 0.5) is 0 Å². The number of amides is 1. The first kappa shape index (κ1) is 23.5. The van der Waals surface area contributed by atoms with Gasteiger partial charge >= 0.3 is 0 Å². The second-order valence-corrected chi connectivity index (χ2v) is 11.1. The van der Waals surface area contributed by atoms with E-state index in [0.29, 0.717) is 12.4 Å². The molecule has 0 spiro atoms. The van der Waals surface area contributed by atoms with Crippen molar-refractivity contribution in [2.75, 3.05) is 19.8 Å². The van der Waals surface area contributed by atoms with Gasteiger partial charge in [-0.3, -0.25) is 4.79 Å². The topological polar surface area (TPSA) is 95.7 Å². The van der Waals surface area contributed by atoms with Crippen molar-refractivity contribution in [1.82, 2.24) is 0 Å². The minimum absolute atomic E-state index is 0.0660. The van der Waals surface area contributed by atoms with E-state index in [9.17, 15) is 13.2 Å². The highest BCUT2D eigenvalue weighted by Gasteiger charge is 2.51. The van der Waals surface area contributed by atoms with Gasteiger partial charge in [-0.05, 0) is 83.5 Å². The number of nitrogens with two attached hydrogens (primary N) is 1. The zero-order valence-electron chi connectivity index (χ0n) is 18.2. The van der Waals surface area contributed by atoms with Gasteiger partial charge in [0.05, 0.1) is 11.5 Å². The summed E-state index contributed by atoms with van der Waals surface area (Å²) in [6.07, 6.45) is 1.85. The standard InChI is InChI=1S/C25H27NO5S2/c26-24(27)25(11-14-30-15-12-25)33(28,29)23-8-6-22(7-9-23)31-13-2-4-19-3-1-5-20(17-19)21-10-16-32-18-21/h1,3,5-10,16-18H,2,4,11-15H2,(H2,26,27). The Morgan fingerprint density at radius 2 is 1.82 bits per heavy atom. The third-order valence-corrected chi connectivity index (χ3v) is 9.27. The molecule has 33 heavy (non-hydrogen) atoms. The molecule has 4 rings (SSSR count). The Morgan fingerprint density at radius 3 is 2.48 bits per heavy atom. The van der Waals surface area contributed by atoms with Crippen LogP contribution < -0.4 is 10.5 Å². The first-order valence-corrected chi connectivity index (χ1v) is 13.3. The molecule has 0 unspecified atom stereocenters. The number of aryl methyl sites for hydroxylation is 1. The highest BCUT2D eigenvalue weighted by Crippen LogP contribution is 2.35. The summed E-state index contributed by atoms with van der Waals surface area (Å²) in [7, 11) is -3.93. The van der Waals surface area contributed by atoms with Crippen LogP contribution in [-0.2, 0) is 25.8 Å². The summed E-state index contributed by atoms with van der Waals surface area (Å²) in [6, 6.07) is 16.8. The summed E-state index contributed by atoms with van der Waals surface area (Å²) in [6.45, 7) is 0.899. The van der Waals surface area contributed by atoms with Gasteiger partial charge in [0.25, 0.3) is 0 Å². The summed E-state index contributed by atoms with van der Waals surface area (Å²) >= 11 is 1.68. The second-order valence-electron chi connectivity index (χ2n) is 8.11. The van der Waals surface area contributed by atoms with Gasteiger partial charge < -0.3 is 15.2 Å². The summed E-state index contributed by atoms with van der Waals surface area (Å²) in [5, 5.41) is 4.21. The van der Waals surface area contributed by atoms with E-state index in [1.165, 1.54) is 28.8 Å². The minimum Gasteiger partial charge on any atom is -0.494 e. The number of hydrogen-bond acceptors (Lipinski definition) is 6. The molecule has 6 nitrogen and oxygen atoms in total. The Kier molecular flexibility index (Phi) is 7.17. The van der Waals surface area contributed by atoms with Crippen LogP contribution >= 0.6 is 11.3 Å². The van der Waals surface area contributed by atoms with Crippen molar-refractivity contribution in [3.63, 3.8) is 0 Å². The molecule has 1 aromatic heterocycles. The number of primary amides is 1. The molecular formula is C25H27NO5S2. The molecule has 2 heterocycles. The van der Waals surface area contributed by atoms with Gasteiger partial charge in [-0.1, -0.05) is 24.3 Å².